The van der Waals surface area contributed by atoms with E-state index in [9.17, 15) is 13.2 Å². The molecule has 0 saturated carbocycles. The molecule has 1 N–H and O–H groups in total. The second kappa shape index (κ2) is 10.3. The summed E-state index contributed by atoms with van der Waals surface area (Å²) in [6.07, 6.45) is 1.85. The van der Waals surface area contributed by atoms with Gasteiger partial charge in [-0.2, -0.15) is 0 Å². The average molecular weight is 419 g/mol. The molecule has 0 spiro atoms. The quantitative estimate of drug-likeness (QED) is 0.641. The van der Waals surface area contributed by atoms with Crippen LogP contribution in [0.3, 0.4) is 0 Å². The van der Waals surface area contributed by atoms with Crippen LogP contribution in [-0.2, 0) is 14.8 Å². The van der Waals surface area contributed by atoms with E-state index in [0.717, 1.165) is 16.9 Å². The summed E-state index contributed by atoms with van der Waals surface area (Å²) in [5.74, 6) is 0.680. The van der Waals surface area contributed by atoms with Crippen molar-refractivity contribution in [2.24, 2.45) is 0 Å². The number of benzene rings is 2. The predicted molar refractivity (Wildman–Crippen MR) is 117 cm³/mol. The SMILES string of the molecule is Cc1cccc(N(CCCC(=O)N[C@@H](C)COc2ccccc2C)S(C)(=O)=O)c1. The van der Waals surface area contributed by atoms with Crippen molar-refractivity contribution in [2.45, 2.75) is 39.7 Å². The van der Waals surface area contributed by atoms with Crippen LogP contribution in [0.5, 0.6) is 5.75 Å². The second-order valence-corrected chi connectivity index (χ2v) is 9.23. The third-order valence-corrected chi connectivity index (χ3v) is 5.64. The van der Waals surface area contributed by atoms with Crippen molar-refractivity contribution in [3.8, 4) is 5.75 Å². The summed E-state index contributed by atoms with van der Waals surface area (Å²) in [6.45, 7) is 6.39. The maximum absolute atomic E-state index is 12.2. The number of nitrogens with zero attached hydrogens (tertiary/aromatic N) is 1. The van der Waals surface area contributed by atoms with E-state index in [-0.39, 0.29) is 24.9 Å². The summed E-state index contributed by atoms with van der Waals surface area (Å²) in [7, 11) is -3.42. The van der Waals surface area contributed by atoms with Gasteiger partial charge in [0, 0.05) is 13.0 Å². The standard InChI is InChI=1S/C22H30N2O4S/c1-17-9-7-11-20(15-17)24(29(4,26)27)14-8-13-22(25)23-19(3)16-28-21-12-6-5-10-18(21)2/h5-7,9-12,15,19H,8,13-14,16H2,1-4H3,(H,23,25)/t19-/m0/s1. The van der Waals surface area contributed by atoms with Crippen molar-refractivity contribution < 1.29 is 17.9 Å². The van der Waals surface area contributed by atoms with Crippen molar-refractivity contribution in [1.82, 2.24) is 5.32 Å². The van der Waals surface area contributed by atoms with E-state index in [1.165, 1.54) is 10.6 Å². The number of sulfonamides is 1. The number of aryl methyl sites for hydroxylation is 2. The van der Waals surface area contributed by atoms with Crippen LogP contribution >= 0.6 is 0 Å². The molecular weight excluding hydrogens is 388 g/mol. The molecule has 0 aliphatic carbocycles. The highest BCUT2D eigenvalue weighted by molar-refractivity contribution is 7.92. The Bertz CT molecular complexity index is 928. The third-order valence-electron chi connectivity index (χ3n) is 4.44. The monoisotopic (exact) mass is 418 g/mol. The first-order chi connectivity index (χ1) is 13.7. The number of rotatable bonds is 10. The van der Waals surface area contributed by atoms with Crippen molar-refractivity contribution in [1.29, 1.82) is 0 Å². The van der Waals surface area contributed by atoms with Crippen LogP contribution in [0.15, 0.2) is 48.5 Å². The first kappa shape index (κ1) is 22.7. The van der Waals surface area contributed by atoms with Crippen LogP contribution in [0.2, 0.25) is 0 Å². The largest absolute Gasteiger partial charge is 0.491 e. The molecule has 1 amide bonds. The van der Waals surface area contributed by atoms with E-state index in [1.54, 1.807) is 6.07 Å². The molecule has 158 valence electrons. The molecule has 2 aromatic carbocycles. The zero-order valence-electron chi connectivity index (χ0n) is 17.5. The molecule has 0 aromatic heterocycles. The van der Waals surface area contributed by atoms with E-state index in [0.29, 0.717) is 18.7 Å². The van der Waals surface area contributed by atoms with Gasteiger partial charge in [0.15, 0.2) is 0 Å². The maximum atomic E-state index is 12.2. The van der Waals surface area contributed by atoms with Crippen LogP contribution < -0.4 is 14.4 Å². The lowest BCUT2D eigenvalue weighted by Crippen LogP contribution is -2.37. The normalized spacial score (nSPS) is 12.3. The number of ether oxygens (including phenoxy) is 1. The Kier molecular flexibility index (Phi) is 8.08. The molecule has 0 saturated heterocycles. The number of carbonyl (C=O) groups excluding carboxylic acids is 1. The molecule has 7 heteroatoms. The molecule has 0 unspecified atom stereocenters. The highest BCUT2D eigenvalue weighted by Crippen LogP contribution is 2.19. The lowest BCUT2D eigenvalue weighted by Gasteiger charge is -2.23. The number of anilines is 1. The summed E-state index contributed by atoms with van der Waals surface area (Å²) in [5, 5.41) is 2.90. The molecule has 0 radical (unpaired) electrons. The van der Waals surface area contributed by atoms with Gasteiger partial charge in [-0.05, 0) is 56.5 Å². The van der Waals surface area contributed by atoms with Gasteiger partial charge in [0.1, 0.15) is 12.4 Å². The fraction of sp³-hybridized carbons (Fsp3) is 0.409. The molecule has 1 atom stereocenters. The van der Waals surface area contributed by atoms with Gasteiger partial charge in [-0.15, -0.1) is 0 Å². The molecule has 0 fully saturated rings. The predicted octanol–water partition coefficient (Wildman–Crippen LogP) is 3.43. The van der Waals surface area contributed by atoms with E-state index in [2.05, 4.69) is 5.32 Å². The Hall–Kier alpha value is -2.54. The van der Waals surface area contributed by atoms with Gasteiger partial charge in [0.05, 0.1) is 18.0 Å². The highest BCUT2D eigenvalue weighted by atomic mass is 32.2. The van der Waals surface area contributed by atoms with E-state index in [1.807, 2.05) is 63.2 Å². The van der Waals surface area contributed by atoms with Gasteiger partial charge in [-0.1, -0.05) is 30.3 Å². The van der Waals surface area contributed by atoms with Gasteiger partial charge >= 0.3 is 0 Å². The van der Waals surface area contributed by atoms with Gasteiger partial charge in [-0.25, -0.2) is 8.42 Å². The first-order valence-electron chi connectivity index (χ1n) is 9.69. The molecule has 2 rings (SSSR count). The lowest BCUT2D eigenvalue weighted by atomic mass is 10.2. The number of carbonyl (C=O) groups is 1. The van der Waals surface area contributed by atoms with E-state index in [4.69, 9.17) is 4.74 Å². The average Bonchev–Trinajstić information content (AvgIpc) is 2.63. The Morgan fingerprint density at radius 1 is 1.14 bits per heavy atom. The minimum absolute atomic E-state index is 0.122. The van der Waals surface area contributed by atoms with Crippen LogP contribution in [-0.4, -0.2) is 39.8 Å². The topological polar surface area (TPSA) is 75.7 Å². The minimum atomic E-state index is -3.42. The van der Waals surface area contributed by atoms with Gasteiger partial charge in [0.2, 0.25) is 15.9 Å². The number of para-hydroxylation sites is 1. The molecule has 0 bridgehead atoms. The van der Waals surface area contributed by atoms with Crippen LogP contribution in [0, 0.1) is 13.8 Å². The van der Waals surface area contributed by atoms with Crippen LogP contribution in [0.25, 0.3) is 0 Å². The summed E-state index contributed by atoms with van der Waals surface area (Å²) in [4.78, 5) is 12.2. The third kappa shape index (κ3) is 7.42. The fourth-order valence-corrected chi connectivity index (χ4v) is 3.93. The first-order valence-corrected chi connectivity index (χ1v) is 11.5. The van der Waals surface area contributed by atoms with Crippen molar-refractivity contribution >= 4 is 21.6 Å². The molecular formula is C22H30N2O4S. The molecule has 0 aliphatic rings. The van der Waals surface area contributed by atoms with Gasteiger partial charge in [0.25, 0.3) is 0 Å². The van der Waals surface area contributed by atoms with E-state index < -0.39 is 10.0 Å². The maximum Gasteiger partial charge on any atom is 0.232 e. The lowest BCUT2D eigenvalue weighted by molar-refractivity contribution is -0.121. The number of hydrogen-bond donors (Lipinski definition) is 1. The molecule has 0 aliphatic heterocycles. The van der Waals surface area contributed by atoms with Crippen molar-refractivity contribution in [2.75, 3.05) is 23.7 Å². The van der Waals surface area contributed by atoms with E-state index >= 15 is 0 Å². The number of hydrogen-bond acceptors (Lipinski definition) is 4. The highest BCUT2D eigenvalue weighted by Gasteiger charge is 2.18. The molecule has 0 heterocycles. The Morgan fingerprint density at radius 2 is 1.86 bits per heavy atom. The van der Waals surface area contributed by atoms with Crippen molar-refractivity contribution in [3.63, 3.8) is 0 Å². The van der Waals surface area contributed by atoms with Gasteiger partial charge in [-0.3, -0.25) is 9.10 Å². The Morgan fingerprint density at radius 3 is 2.52 bits per heavy atom. The minimum Gasteiger partial charge on any atom is -0.491 e. The Labute approximate surface area is 173 Å². The number of amides is 1. The smallest absolute Gasteiger partial charge is 0.232 e. The van der Waals surface area contributed by atoms with Gasteiger partial charge < -0.3 is 10.1 Å². The Balaban J connectivity index is 1.82. The zero-order valence-corrected chi connectivity index (χ0v) is 18.3. The number of nitrogens with one attached hydrogen (secondary N) is 1. The van der Waals surface area contributed by atoms with Crippen LogP contribution in [0.1, 0.15) is 30.9 Å². The fourth-order valence-electron chi connectivity index (χ4n) is 2.97. The van der Waals surface area contributed by atoms with Crippen LogP contribution in [0.4, 0.5) is 5.69 Å². The summed E-state index contributed by atoms with van der Waals surface area (Å²) >= 11 is 0. The summed E-state index contributed by atoms with van der Waals surface area (Å²) < 4.78 is 31.4. The summed E-state index contributed by atoms with van der Waals surface area (Å²) in [6, 6.07) is 14.9. The second-order valence-electron chi connectivity index (χ2n) is 7.32. The zero-order chi connectivity index (χ0) is 21.4. The molecule has 29 heavy (non-hydrogen) atoms. The van der Waals surface area contributed by atoms with Crippen molar-refractivity contribution in [3.05, 3.63) is 59.7 Å². The molecule has 6 nitrogen and oxygen atoms in total. The summed E-state index contributed by atoms with van der Waals surface area (Å²) in [5.41, 5.74) is 2.65. The molecule has 2 aromatic rings.